The Morgan fingerprint density at radius 3 is 2.93 bits per heavy atom. The van der Waals surface area contributed by atoms with Crippen molar-refractivity contribution in [3.63, 3.8) is 0 Å². The molecule has 1 unspecified atom stereocenters. The standard InChI is InChI=1S/C11H20N2S/c1-4-12-7-9(2)5-6-11-10(3)13-8-14-11/h8-9,12H,4-7H2,1-3H3. The van der Waals surface area contributed by atoms with Gasteiger partial charge in [-0.1, -0.05) is 13.8 Å². The zero-order valence-corrected chi connectivity index (χ0v) is 10.2. The van der Waals surface area contributed by atoms with Crippen LogP contribution in [0.25, 0.3) is 0 Å². The van der Waals surface area contributed by atoms with E-state index in [1.165, 1.54) is 23.4 Å². The Morgan fingerprint density at radius 2 is 2.36 bits per heavy atom. The number of aryl methyl sites for hydroxylation is 2. The van der Waals surface area contributed by atoms with Crippen molar-refractivity contribution in [3.05, 3.63) is 16.1 Å². The number of nitrogens with zero attached hydrogens (tertiary/aromatic N) is 1. The molecule has 14 heavy (non-hydrogen) atoms. The molecule has 0 radical (unpaired) electrons. The zero-order chi connectivity index (χ0) is 10.4. The van der Waals surface area contributed by atoms with Crippen molar-refractivity contribution in [2.45, 2.75) is 33.6 Å². The minimum absolute atomic E-state index is 0.761. The summed E-state index contributed by atoms with van der Waals surface area (Å²) in [5.74, 6) is 0.761. The fourth-order valence-corrected chi connectivity index (χ4v) is 2.23. The molecule has 1 aromatic heterocycles. The van der Waals surface area contributed by atoms with Gasteiger partial charge in [0.2, 0.25) is 0 Å². The largest absolute Gasteiger partial charge is 0.317 e. The lowest BCUT2D eigenvalue weighted by Crippen LogP contribution is -2.20. The number of rotatable bonds is 6. The van der Waals surface area contributed by atoms with E-state index < -0.39 is 0 Å². The van der Waals surface area contributed by atoms with E-state index in [1.54, 1.807) is 11.3 Å². The Labute approximate surface area is 90.8 Å². The summed E-state index contributed by atoms with van der Waals surface area (Å²) in [5, 5.41) is 3.38. The molecule has 0 aliphatic carbocycles. The summed E-state index contributed by atoms with van der Waals surface area (Å²) in [4.78, 5) is 5.71. The number of aromatic nitrogens is 1. The minimum atomic E-state index is 0.761. The van der Waals surface area contributed by atoms with E-state index in [0.717, 1.165) is 19.0 Å². The average Bonchev–Trinajstić information content (AvgIpc) is 2.58. The molecule has 0 aliphatic heterocycles. The van der Waals surface area contributed by atoms with Crippen molar-refractivity contribution in [2.75, 3.05) is 13.1 Å². The van der Waals surface area contributed by atoms with Crippen LogP contribution in [0.5, 0.6) is 0 Å². The molecule has 80 valence electrons. The predicted molar refractivity (Wildman–Crippen MR) is 62.9 cm³/mol. The maximum Gasteiger partial charge on any atom is 0.0797 e. The topological polar surface area (TPSA) is 24.9 Å². The lowest BCUT2D eigenvalue weighted by molar-refractivity contribution is 0.490. The highest BCUT2D eigenvalue weighted by Gasteiger charge is 2.05. The highest BCUT2D eigenvalue weighted by molar-refractivity contribution is 7.09. The summed E-state index contributed by atoms with van der Waals surface area (Å²) in [6.45, 7) is 8.76. The molecule has 0 spiro atoms. The van der Waals surface area contributed by atoms with Crippen molar-refractivity contribution in [2.24, 2.45) is 5.92 Å². The molecule has 3 heteroatoms. The van der Waals surface area contributed by atoms with Crippen LogP contribution in [0.4, 0.5) is 0 Å². The van der Waals surface area contributed by atoms with Crippen LogP contribution < -0.4 is 5.32 Å². The first-order valence-corrected chi connectivity index (χ1v) is 6.21. The third-order valence-electron chi connectivity index (χ3n) is 2.45. The molecule has 0 aromatic carbocycles. The number of hydrogen-bond donors (Lipinski definition) is 1. The van der Waals surface area contributed by atoms with Crippen LogP contribution in [0.2, 0.25) is 0 Å². The van der Waals surface area contributed by atoms with E-state index in [2.05, 4.69) is 31.1 Å². The summed E-state index contributed by atoms with van der Waals surface area (Å²) in [7, 11) is 0. The summed E-state index contributed by atoms with van der Waals surface area (Å²) >= 11 is 1.78. The normalized spacial score (nSPS) is 13.1. The monoisotopic (exact) mass is 212 g/mol. The summed E-state index contributed by atoms with van der Waals surface area (Å²) in [5.41, 5.74) is 3.16. The quantitative estimate of drug-likeness (QED) is 0.784. The fourth-order valence-electron chi connectivity index (χ4n) is 1.44. The van der Waals surface area contributed by atoms with E-state index in [4.69, 9.17) is 0 Å². The van der Waals surface area contributed by atoms with Gasteiger partial charge in [0.15, 0.2) is 0 Å². The van der Waals surface area contributed by atoms with E-state index in [1.807, 2.05) is 5.51 Å². The summed E-state index contributed by atoms with van der Waals surface area (Å²) in [6, 6.07) is 0. The molecule has 2 nitrogen and oxygen atoms in total. The molecule has 1 heterocycles. The van der Waals surface area contributed by atoms with Gasteiger partial charge >= 0.3 is 0 Å². The van der Waals surface area contributed by atoms with Crippen LogP contribution >= 0.6 is 11.3 Å². The average molecular weight is 212 g/mol. The molecule has 1 atom stereocenters. The van der Waals surface area contributed by atoms with Crippen molar-refractivity contribution in [3.8, 4) is 0 Å². The lowest BCUT2D eigenvalue weighted by atomic mass is 10.0. The maximum absolute atomic E-state index is 4.26. The molecular formula is C11H20N2S. The van der Waals surface area contributed by atoms with Crippen LogP contribution in [-0.4, -0.2) is 18.1 Å². The lowest BCUT2D eigenvalue weighted by Gasteiger charge is -2.10. The highest BCUT2D eigenvalue weighted by Crippen LogP contribution is 2.16. The van der Waals surface area contributed by atoms with Crippen LogP contribution in [0.3, 0.4) is 0 Å². The van der Waals surface area contributed by atoms with Gasteiger partial charge in [-0.25, -0.2) is 4.98 Å². The zero-order valence-electron chi connectivity index (χ0n) is 9.34. The number of hydrogen-bond acceptors (Lipinski definition) is 3. The van der Waals surface area contributed by atoms with Gasteiger partial charge < -0.3 is 5.32 Å². The first kappa shape index (κ1) is 11.7. The minimum Gasteiger partial charge on any atom is -0.317 e. The van der Waals surface area contributed by atoms with Gasteiger partial charge in [0.1, 0.15) is 0 Å². The highest BCUT2D eigenvalue weighted by atomic mass is 32.1. The SMILES string of the molecule is CCNCC(C)CCc1scnc1C. The van der Waals surface area contributed by atoms with Gasteiger partial charge in [0.25, 0.3) is 0 Å². The van der Waals surface area contributed by atoms with E-state index >= 15 is 0 Å². The molecule has 0 bridgehead atoms. The van der Waals surface area contributed by atoms with Crippen molar-refractivity contribution in [1.29, 1.82) is 0 Å². The molecular weight excluding hydrogens is 192 g/mol. The van der Waals surface area contributed by atoms with Gasteiger partial charge in [-0.05, 0) is 38.8 Å². The van der Waals surface area contributed by atoms with Gasteiger partial charge in [0.05, 0.1) is 11.2 Å². The van der Waals surface area contributed by atoms with Crippen molar-refractivity contribution >= 4 is 11.3 Å². The molecule has 0 aliphatic rings. The Kier molecular flexibility index (Phi) is 5.12. The van der Waals surface area contributed by atoms with E-state index in [-0.39, 0.29) is 0 Å². The Balaban J connectivity index is 2.23. The van der Waals surface area contributed by atoms with Crippen molar-refractivity contribution in [1.82, 2.24) is 10.3 Å². The molecule has 0 saturated carbocycles. The molecule has 0 amide bonds. The van der Waals surface area contributed by atoms with Gasteiger partial charge in [-0.2, -0.15) is 0 Å². The maximum atomic E-state index is 4.26. The molecule has 1 aromatic rings. The van der Waals surface area contributed by atoms with Crippen LogP contribution in [0.15, 0.2) is 5.51 Å². The third-order valence-corrected chi connectivity index (χ3v) is 3.45. The Bertz CT molecular complexity index is 258. The Hall–Kier alpha value is -0.410. The number of thiazole rings is 1. The Morgan fingerprint density at radius 1 is 1.57 bits per heavy atom. The van der Waals surface area contributed by atoms with Crippen LogP contribution in [-0.2, 0) is 6.42 Å². The first-order valence-electron chi connectivity index (χ1n) is 5.33. The number of nitrogens with one attached hydrogen (secondary N) is 1. The first-order chi connectivity index (χ1) is 6.74. The van der Waals surface area contributed by atoms with Gasteiger partial charge in [0, 0.05) is 4.88 Å². The van der Waals surface area contributed by atoms with E-state index in [0.29, 0.717) is 0 Å². The summed E-state index contributed by atoms with van der Waals surface area (Å²) in [6.07, 6.45) is 2.44. The fraction of sp³-hybridized carbons (Fsp3) is 0.727. The van der Waals surface area contributed by atoms with E-state index in [9.17, 15) is 0 Å². The van der Waals surface area contributed by atoms with Crippen LogP contribution in [0, 0.1) is 12.8 Å². The molecule has 0 fully saturated rings. The third kappa shape index (κ3) is 3.76. The molecule has 1 rings (SSSR count). The van der Waals surface area contributed by atoms with Crippen LogP contribution in [0.1, 0.15) is 30.8 Å². The van der Waals surface area contributed by atoms with Crippen molar-refractivity contribution < 1.29 is 0 Å². The predicted octanol–water partition coefficient (Wildman–Crippen LogP) is 2.63. The van der Waals surface area contributed by atoms with Gasteiger partial charge in [-0.15, -0.1) is 11.3 Å². The second kappa shape index (κ2) is 6.14. The second-order valence-electron chi connectivity index (χ2n) is 3.81. The van der Waals surface area contributed by atoms with Gasteiger partial charge in [-0.3, -0.25) is 0 Å². The summed E-state index contributed by atoms with van der Waals surface area (Å²) < 4.78 is 0. The molecule has 1 N–H and O–H groups in total. The molecule has 0 saturated heterocycles. The second-order valence-corrected chi connectivity index (χ2v) is 4.75. The smallest absolute Gasteiger partial charge is 0.0797 e.